The highest BCUT2D eigenvalue weighted by Gasteiger charge is 2.16. The van der Waals surface area contributed by atoms with Gasteiger partial charge in [0.05, 0.1) is 24.2 Å². The molecule has 1 aromatic rings. The molecule has 0 spiro atoms. The molecule has 0 amide bonds. The molecule has 2 atom stereocenters. The van der Waals surface area contributed by atoms with Crippen molar-refractivity contribution in [1.29, 1.82) is 0 Å². The van der Waals surface area contributed by atoms with Gasteiger partial charge in [-0.1, -0.05) is 17.7 Å². The lowest BCUT2D eigenvalue weighted by Crippen LogP contribution is -2.26. The van der Waals surface area contributed by atoms with Crippen LogP contribution in [0, 0.1) is 18.8 Å². The second-order valence-electron chi connectivity index (χ2n) is 6.18. The number of aliphatic hydroxyl groups is 1. The van der Waals surface area contributed by atoms with Crippen molar-refractivity contribution >= 4 is 10.1 Å². The Morgan fingerprint density at radius 1 is 1.27 bits per heavy atom. The Morgan fingerprint density at radius 2 is 2.04 bits per heavy atom. The molecule has 1 aromatic carbocycles. The molecule has 0 aromatic heterocycles. The van der Waals surface area contributed by atoms with Crippen LogP contribution in [0.4, 0.5) is 0 Å². The fraction of sp³-hybridized carbons (Fsp3) is 0.579. The lowest BCUT2D eigenvalue weighted by Gasteiger charge is -2.23. The summed E-state index contributed by atoms with van der Waals surface area (Å²) in [5, 5.41) is 9.83. The van der Waals surface area contributed by atoms with Gasteiger partial charge in [-0.05, 0) is 38.3 Å². The molecule has 2 rings (SSSR count). The maximum atomic E-state index is 12.0. The summed E-state index contributed by atoms with van der Waals surface area (Å²) in [5.41, 5.74) is 0.979. The van der Waals surface area contributed by atoms with Gasteiger partial charge in [0.1, 0.15) is 0 Å². The third kappa shape index (κ3) is 7.44. The minimum atomic E-state index is -3.75. The number of aliphatic hydroxyl groups excluding tert-OH is 1. The molecule has 144 valence electrons. The highest BCUT2D eigenvalue weighted by Crippen LogP contribution is 2.14. The highest BCUT2D eigenvalue weighted by atomic mass is 32.2. The molecule has 0 saturated carbocycles. The van der Waals surface area contributed by atoms with E-state index in [0.717, 1.165) is 24.8 Å². The van der Waals surface area contributed by atoms with Gasteiger partial charge < -0.3 is 14.6 Å². The summed E-state index contributed by atoms with van der Waals surface area (Å²) in [6, 6.07) is 6.47. The van der Waals surface area contributed by atoms with Crippen molar-refractivity contribution in [3.63, 3.8) is 0 Å². The van der Waals surface area contributed by atoms with Crippen LogP contribution >= 0.6 is 0 Å². The fourth-order valence-corrected chi connectivity index (χ4v) is 3.28. The van der Waals surface area contributed by atoms with Crippen molar-refractivity contribution in [3.8, 4) is 11.8 Å². The zero-order valence-electron chi connectivity index (χ0n) is 15.0. The Hall–Kier alpha value is -1.43. The second-order valence-corrected chi connectivity index (χ2v) is 7.80. The van der Waals surface area contributed by atoms with Gasteiger partial charge in [0.25, 0.3) is 10.1 Å². The summed E-state index contributed by atoms with van der Waals surface area (Å²) in [7, 11) is -3.75. The van der Waals surface area contributed by atoms with Crippen LogP contribution in [0.5, 0.6) is 0 Å². The van der Waals surface area contributed by atoms with E-state index in [4.69, 9.17) is 13.7 Å². The van der Waals surface area contributed by atoms with Crippen LogP contribution in [0.3, 0.4) is 0 Å². The molecule has 0 radical (unpaired) electrons. The van der Waals surface area contributed by atoms with Gasteiger partial charge in [0.15, 0.2) is 6.29 Å². The first kappa shape index (κ1) is 20.9. The van der Waals surface area contributed by atoms with Gasteiger partial charge in [0, 0.05) is 19.4 Å². The third-order valence-corrected chi connectivity index (χ3v) is 5.18. The summed E-state index contributed by atoms with van der Waals surface area (Å²) >= 11 is 0. The zero-order valence-corrected chi connectivity index (χ0v) is 15.8. The average molecular weight is 382 g/mol. The average Bonchev–Trinajstić information content (AvgIpc) is 2.64. The van der Waals surface area contributed by atoms with Gasteiger partial charge >= 0.3 is 0 Å². The summed E-state index contributed by atoms with van der Waals surface area (Å²) in [5.74, 6) is 5.61. The lowest BCUT2D eigenvalue weighted by molar-refractivity contribution is -0.174. The van der Waals surface area contributed by atoms with E-state index in [2.05, 4.69) is 11.8 Å². The molecule has 26 heavy (non-hydrogen) atoms. The normalized spacial score (nSPS) is 18.8. The number of benzene rings is 1. The number of rotatable bonds is 8. The Bertz CT molecular complexity index is 696. The number of ether oxygens (including phenoxy) is 2. The predicted octanol–water partition coefficient (Wildman–Crippen LogP) is 2.39. The molecule has 1 N–H and O–H groups in total. The number of hydrogen-bond donors (Lipinski definition) is 1. The van der Waals surface area contributed by atoms with Crippen LogP contribution in [-0.4, -0.2) is 45.7 Å². The molecular weight excluding hydrogens is 356 g/mol. The van der Waals surface area contributed by atoms with E-state index in [1.54, 1.807) is 12.1 Å². The number of hydrogen-bond acceptors (Lipinski definition) is 6. The topological polar surface area (TPSA) is 82.1 Å². The Balaban J connectivity index is 1.62. The summed E-state index contributed by atoms with van der Waals surface area (Å²) in [6.45, 7) is 2.74. The Kier molecular flexibility index (Phi) is 8.55. The van der Waals surface area contributed by atoms with Gasteiger partial charge in [-0.15, -0.1) is 11.8 Å². The number of aryl methyl sites for hydroxylation is 1. The maximum absolute atomic E-state index is 12.0. The monoisotopic (exact) mass is 382 g/mol. The van der Waals surface area contributed by atoms with E-state index in [9.17, 15) is 13.5 Å². The van der Waals surface area contributed by atoms with Gasteiger partial charge in [-0.2, -0.15) is 8.42 Å². The first-order chi connectivity index (χ1) is 12.5. The van der Waals surface area contributed by atoms with Crippen molar-refractivity contribution in [2.75, 3.05) is 19.8 Å². The summed E-state index contributed by atoms with van der Waals surface area (Å²) < 4.78 is 39.8. The Morgan fingerprint density at radius 3 is 2.73 bits per heavy atom. The van der Waals surface area contributed by atoms with E-state index < -0.39 is 16.2 Å². The van der Waals surface area contributed by atoms with Crippen molar-refractivity contribution in [2.24, 2.45) is 0 Å². The molecule has 1 aliphatic heterocycles. The summed E-state index contributed by atoms with van der Waals surface area (Å²) in [6.07, 6.45) is 2.59. The van der Waals surface area contributed by atoms with E-state index in [-0.39, 0.29) is 37.2 Å². The molecule has 1 unspecified atom stereocenters. The van der Waals surface area contributed by atoms with E-state index in [1.807, 2.05) is 6.92 Å². The van der Waals surface area contributed by atoms with Crippen molar-refractivity contribution in [1.82, 2.24) is 0 Å². The largest absolute Gasteiger partial charge is 0.390 e. The zero-order chi connectivity index (χ0) is 18.8. The minimum Gasteiger partial charge on any atom is -0.390 e. The lowest BCUT2D eigenvalue weighted by atomic mass is 10.2. The smallest absolute Gasteiger partial charge is 0.297 e. The molecule has 0 aliphatic carbocycles. The van der Waals surface area contributed by atoms with E-state index >= 15 is 0 Å². The Labute approximate surface area is 155 Å². The van der Waals surface area contributed by atoms with E-state index in [0.29, 0.717) is 6.61 Å². The van der Waals surface area contributed by atoms with Crippen LogP contribution in [0.25, 0.3) is 0 Å². The van der Waals surface area contributed by atoms with Crippen molar-refractivity contribution < 1.29 is 27.2 Å². The molecule has 1 heterocycles. The first-order valence-corrected chi connectivity index (χ1v) is 10.2. The standard InChI is InChI=1S/C19H26O6S/c1-16-9-11-18(12-10-16)26(21,22)25-14-5-2-3-7-17(20)15-24-19-8-4-6-13-23-19/h9-12,17,19-20H,4-8,13-15H2,1H3/t17-,19?/m1/s1. The second kappa shape index (κ2) is 10.7. The van der Waals surface area contributed by atoms with Crippen LogP contribution in [-0.2, 0) is 23.8 Å². The van der Waals surface area contributed by atoms with E-state index in [1.165, 1.54) is 12.1 Å². The van der Waals surface area contributed by atoms with Crippen LogP contribution in [0.15, 0.2) is 29.2 Å². The van der Waals surface area contributed by atoms with Crippen LogP contribution < -0.4 is 0 Å². The molecular formula is C19H26O6S. The fourth-order valence-electron chi connectivity index (χ4n) is 2.37. The molecule has 1 fully saturated rings. The molecule has 6 nitrogen and oxygen atoms in total. The van der Waals surface area contributed by atoms with Gasteiger partial charge in [-0.3, -0.25) is 4.18 Å². The predicted molar refractivity (Wildman–Crippen MR) is 96.9 cm³/mol. The van der Waals surface area contributed by atoms with Crippen molar-refractivity contribution in [2.45, 2.75) is 56.3 Å². The summed E-state index contributed by atoms with van der Waals surface area (Å²) in [4.78, 5) is 0.133. The van der Waals surface area contributed by atoms with Crippen molar-refractivity contribution in [3.05, 3.63) is 29.8 Å². The molecule has 1 saturated heterocycles. The molecule has 0 bridgehead atoms. The highest BCUT2D eigenvalue weighted by molar-refractivity contribution is 7.86. The third-order valence-electron chi connectivity index (χ3n) is 3.85. The SMILES string of the molecule is Cc1ccc(S(=O)(=O)OCCC#CC[C@@H](O)COC2CCCCO2)cc1. The first-order valence-electron chi connectivity index (χ1n) is 8.80. The van der Waals surface area contributed by atoms with Crippen LogP contribution in [0.1, 0.15) is 37.7 Å². The molecule has 7 heteroatoms. The quantitative estimate of drug-likeness (QED) is 0.422. The minimum absolute atomic E-state index is 0.0221. The maximum Gasteiger partial charge on any atom is 0.297 e. The molecule has 1 aliphatic rings. The van der Waals surface area contributed by atoms with Gasteiger partial charge in [0.2, 0.25) is 0 Å². The van der Waals surface area contributed by atoms with Crippen LogP contribution in [0.2, 0.25) is 0 Å². The van der Waals surface area contributed by atoms with Gasteiger partial charge in [-0.25, -0.2) is 0 Å².